The number of hydrogen-bond acceptors (Lipinski definition) is 16. The van der Waals surface area contributed by atoms with Crippen LogP contribution in [-0.2, 0) is 9.59 Å². The zero-order valence-corrected chi connectivity index (χ0v) is 41.4. The Bertz CT molecular complexity index is 3030. The second-order valence-corrected chi connectivity index (χ2v) is 18.5. The molecule has 368 valence electrons. The number of nitrogens with zero attached hydrogens (tertiary/aromatic N) is 12. The SMILES string of the molecule is C=CC(=O)Nc1cccc(Oc2cc(Nc3ncc(N4CCN(C)CC4)cc3C)nc3ccnn23)c1.C=CC(=O)Nc1cccc(Sc2cc(Nc3ncc(N4CCN(C)CC4)cc3C)nc3ccnn23)c1. The van der Waals surface area contributed by atoms with E-state index in [-0.39, 0.29) is 11.8 Å². The van der Waals surface area contributed by atoms with E-state index in [0.717, 1.165) is 102 Å². The Hall–Kier alpha value is -8.33. The number of amides is 2. The van der Waals surface area contributed by atoms with Gasteiger partial charge in [-0.3, -0.25) is 9.59 Å². The minimum Gasteiger partial charge on any atom is -0.439 e. The largest absolute Gasteiger partial charge is 0.439 e. The molecule has 2 aliphatic heterocycles. The lowest BCUT2D eigenvalue weighted by atomic mass is 10.2. The molecule has 0 unspecified atom stereocenters. The number of ether oxygens (including phenoxy) is 1. The molecule has 2 amide bonds. The van der Waals surface area contributed by atoms with Gasteiger partial charge in [-0.15, -0.1) is 0 Å². The summed E-state index contributed by atoms with van der Waals surface area (Å²) >= 11 is 1.53. The van der Waals surface area contributed by atoms with E-state index >= 15 is 0 Å². The fraction of sp³-hybridized carbons (Fsp3) is 0.231. The molecule has 19 nitrogen and oxygen atoms in total. The molecule has 2 saturated heterocycles. The summed E-state index contributed by atoms with van der Waals surface area (Å²) in [5.74, 6) is 3.23. The van der Waals surface area contributed by atoms with Crippen LogP contribution in [0.3, 0.4) is 0 Å². The van der Waals surface area contributed by atoms with E-state index < -0.39 is 0 Å². The van der Waals surface area contributed by atoms with Gasteiger partial charge in [0, 0.05) is 99.0 Å². The molecule has 2 fully saturated rings. The second kappa shape index (κ2) is 22.2. The number of aromatic nitrogens is 8. The number of rotatable bonds is 14. The van der Waals surface area contributed by atoms with Crippen LogP contribution >= 0.6 is 11.8 Å². The smallest absolute Gasteiger partial charge is 0.247 e. The summed E-state index contributed by atoms with van der Waals surface area (Å²) in [4.78, 5) is 52.4. The van der Waals surface area contributed by atoms with E-state index in [0.29, 0.717) is 40.3 Å². The van der Waals surface area contributed by atoms with E-state index in [2.05, 4.69) is 107 Å². The molecule has 72 heavy (non-hydrogen) atoms. The predicted molar refractivity (Wildman–Crippen MR) is 285 cm³/mol. The van der Waals surface area contributed by atoms with Crippen molar-refractivity contribution in [2.24, 2.45) is 0 Å². The van der Waals surface area contributed by atoms with Crippen LogP contribution in [0.4, 0.5) is 46.0 Å². The average Bonchev–Trinajstić information content (AvgIpc) is 4.07. The highest BCUT2D eigenvalue weighted by Crippen LogP contribution is 2.33. The monoisotopic (exact) mass is 984 g/mol. The number of benzene rings is 2. The van der Waals surface area contributed by atoms with Crippen molar-refractivity contribution in [3.05, 3.63) is 146 Å². The molecule has 0 bridgehead atoms. The van der Waals surface area contributed by atoms with E-state index in [1.807, 2.05) is 55.7 Å². The minimum absolute atomic E-state index is 0.247. The van der Waals surface area contributed by atoms with Crippen LogP contribution < -0.4 is 35.8 Å². The molecule has 0 radical (unpaired) electrons. The van der Waals surface area contributed by atoms with Crippen molar-refractivity contribution in [2.75, 3.05) is 97.5 Å². The fourth-order valence-electron chi connectivity index (χ4n) is 8.04. The van der Waals surface area contributed by atoms with Gasteiger partial charge in [0.1, 0.15) is 34.0 Å². The van der Waals surface area contributed by atoms with Gasteiger partial charge in [0.15, 0.2) is 11.3 Å². The number of carbonyl (C=O) groups is 2. The molecule has 6 aromatic heterocycles. The molecular formula is C52H56N16O3S. The normalized spacial score (nSPS) is 14.1. The average molecular weight is 985 g/mol. The lowest BCUT2D eigenvalue weighted by Gasteiger charge is -2.34. The van der Waals surface area contributed by atoms with Crippen molar-refractivity contribution in [3.8, 4) is 11.6 Å². The Morgan fingerprint density at radius 3 is 1.69 bits per heavy atom. The first-order valence-corrected chi connectivity index (χ1v) is 24.2. The van der Waals surface area contributed by atoms with Crippen molar-refractivity contribution >= 4 is 80.9 Å². The lowest BCUT2D eigenvalue weighted by molar-refractivity contribution is -0.112. The highest BCUT2D eigenvalue weighted by atomic mass is 32.2. The van der Waals surface area contributed by atoms with Crippen molar-refractivity contribution in [1.29, 1.82) is 0 Å². The number of likely N-dealkylation sites (N-methyl/N-ethyl adjacent to an activating group) is 2. The minimum atomic E-state index is -0.293. The zero-order chi connectivity index (χ0) is 50.1. The van der Waals surface area contributed by atoms with Gasteiger partial charge in [-0.25, -0.2) is 24.5 Å². The number of aryl methyl sites for hydroxylation is 2. The van der Waals surface area contributed by atoms with E-state index in [1.165, 1.54) is 23.9 Å². The third-order valence-corrected chi connectivity index (χ3v) is 13.0. The van der Waals surface area contributed by atoms with Crippen LogP contribution in [-0.4, -0.2) is 127 Å². The molecule has 2 aliphatic rings. The summed E-state index contributed by atoms with van der Waals surface area (Å²) in [6, 6.07) is 26.5. The highest BCUT2D eigenvalue weighted by molar-refractivity contribution is 7.99. The maximum Gasteiger partial charge on any atom is 0.247 e. The van der Waals surface area contributed by atoms with Gasteiger partial charge < -0.3 is 45.6 Å². The Morgan fingerprint density at radius 1 is 0.625 bits per heavy atom. The number of anilines is 8. The third kappa shape index (κ3) is 12.0. The topological polar surface area (TPSA) is 191 Å². The van der Waals surface area contributed by atoms with Gasteiger partial charge in [0.05, 0.1) is 36.2 Å². The van der Waals surface area contributed by atoms with Gasteiger partial charge in [0.2, 0.25) is 17.7 Å². The number of piperazine rings is 2. The van der Waals surface area contributed by atoms with Crippen LogP contribution in [0.25, 0.3) is 11.3 Å². The maximum absolute atomic E-state index is 11.7. The van der Waals surface area contributed by atoms with Crippen molar-refractivity contribution in [3.63, 3.8) is 0 Å². The Morgan fingerprint density at radius 2 is 1.14 bits per heavy atom. The van der Waals surface area contributed by atoms with Crippen molar-refractivity contribution in [2.45, 2.75) is 23.8 Å². The summed E-state index contributed by atoms with van der Waals surface area (Å²) < 4.78 is 9.54. The Labute approximate surface area is 421 Å². The summed E-state index contributed by atoms with van der Waals surface area (Å²) in [7, 11) is 4.30. The summed E-state index contributed by atoms with van der Waals surface area (Å²) in [6.07, 6.45) is 9.69. The number of carbonyl (C=O) groups excluding carboxylic acids is 2. The van der Waals surface area contributed by atoms with Crippen molar-refractivity contribution < 1.29 is 14.3 Å². The molecule has 10 rings (SSSR count). The molecule has 0 atom stereocenters. The lowest BCUT2D eigenvalue weighted by Crippen LogP contribution is -2.44. The standard InChI is InChI=1S/C26H28N8O2.C26H28N8OS/c2*1-4-24(35)29-19-6-5-7-21(15-19)36-25-16-22(30-23-8-9-28-34(23)25)31-26-18(2)14-20(17-27-26)33-12-10-32(3)11-13-33/h2*4-9,14-17H,1,10-13H2,2-3H3,(H,29,35)(H,27,30,31). The molecule has 0 spiro atoms. The Kier molecular flexibility index (Phi) is 15.0. The Balaban J connectivity index is 0.000000178. The molecule has 4 N–H and O–H groups in total. The number of hydrogen-bond donors (Lipinski definition) is 4. The van der Waals surface area contributed by atoms with Crippen LogP contribution in [0, 0.1) is 13.8 Å². The van der Waals surface area contributed by atoms with Crippen molar-refractivity contribution in [1.82, 2.24) is 49.0 Å². The first-order valence-electron chi connectivity index (χ1n) is 23.4. The number of nitrogens with one attached hydrogen (secondary N) is 4. The van der Waals surface area contributed by atoms with Crippen LogP contribution in [0.1, 0.15) is 11.1 Å². The second-order valence-electron chi connectivity index (χ2n) is 17.4. The van der Waals surface area contributed by atoms with Gasteiger partial charge in [0.25, 0.3) is 0 Å². The van der Waals surface area contributed by atoms with E-state index in [9.17, 15) is 9.59 Å². The van der Waals surface area contributed by atoms with Gasteiger partial charge >= 0.3 is 0 Å². The van der Waals surface area contributed by atoms with Crippen LogP contribution in [0.2, 0.25) is 0 Å². The highest BCUT2D eigenvalue weighted by Gasteiger charge is 2.19. The van der Waals surface area contributed by atoms with Gasteiger partial charge in [-0.1, -0.05) is 37.1 Å². The first-order chi connectivity index (χ1) is 35.0. The summed E-state index contributed by atoms with van der Waals surface area (Å²) in [6.45, 7) is 19.3. The molecule has 2 aromatic carbocycles. The molecular weight excluding hydrogens is 929 g/mol. The molecule has 8 aromatic rings. The van der Waals surface area contributed by atoms with Crippen LogP contribution in [0.5, 0.6) is 11.6 Å². The van der Waals surface area contributed by atoms with Gasteiger partial charge in [-0.2, -0.15) is 14.7 Å². The van der Waals surface area contributed by atoms with Gasteiger partial charge in [-0.05, 0) is 93.7 Å². The predicted octanol–water partition coefficient (Wildman–Crippen LogP) is 8.05. The van der Waals surface area contributed by atoms with E-state index in [1.54, 1.807) is 57.8 Å². The number of fused-ring (bicyclic) bond motifs is 2. The van der Waals surface area contributed by atoms with E-state index in [4.69, 9.17) is 14.7 Å². The summed E-state index contributed by atoms with van der Waals surface area (Å²) in [5, 5.41) is 21.9. The maximum atomic E-state index is 11.7. The number of pyridine rings is 2. The third-order valence-electron chi connectivity index (χ3n) is 12.0. The van der Waals surface area contributed by atoms with Crippen LogP contribution in [0.15, 0.2) is 145 Å². The quantitative estimate of drug-likeness (QED) is 0.0604. The summed E-state index contributed by atoms with van der Waals surface area (Å²) in [5.41, 5.74) is 7.00. The zero-order valence-electron chi connectivity index (χ0n) is 40.6. The first kappa shape index (κ1) is 48.7. The molecule has 8 heterocycles. The molecule has 0 saturated carbocycles. The fourth-order valence-corrected chi connectivity index (χ4v) is 9.02. The molecule has 20 heteroatoms. The molecule has 0 aliphatic carbocycles.